The van der Waals surface area contributed by atoms with Crippen LogP contribution in [0.2, 0.25) is 0 Å². The first kappa shape index (κ1) is 13.0. The highest BCUT2D eigenvalue weighted by molar-refractivity contribution is 4.72. The Morgan fingerprint density at radius 3 is 2.08 bits per heavy atom. The molecule has 0 radical (unpaired) electrons. The fourth-order valence-corrected chi connectivity index (χ4v) is 1.99. The van der Waals surface area contributed by atoms with Crippen molar-refractivity contribution in [3.8, 4) is 0 Å². The Labute approximate surface area is 84.3 Å². The topological polar surface area (TPSA) is 12.0 Å². The third kappa shape index (κ3) is 6.09. The van der Waals surface area contributed by atoms with Gasteiger partial charge in [-0.15, -0.1) is 0 Å². The predicted octanol–water partition coefficient (Wildman–Crippen LogP) is 3.45. The van der Waals surface area contributed by atoms with E-state index in [2.05, 4.69) is 39.9 Å². The van der Waals surface area contributed by atoms with Crippen molar-refractivity contribution in [2.75, 3.05) is 6.54 Å². The zero-order valence-corrected chi connectivity index (χ0v) is 10.1. The van der Waals surface area contributed by atoms with Crippen LogP contribution in [0.25, 0.3) is 0 Å². The van der Waals surface area contributed by atoms with Crippen LogP contribution in [0.4, 0.5) is 0 Å². The molecule has 2 atom stereocenters. The summed E-state index contributed by atoms with van der Waals surface area (Å²) < 4.78 is 0. The molecule has 0 aliphatic heterocycles. The van der Waals surface area contributed by atoms with E-state index in [0.29, 0.717) is 0 Å². The summed E-state index contributed by atoms with van der Waals surface area (Å²) in [6, 6.07) is 0.724. The van der Waals surface area contributed by atoms with Crippen LogP contribution in [0.3, 0.4) is 0 Å². The van der Waals surface area contributed by atoms with E-state index in [1.807, 2.05) is 0 Å². The SMILES string of the molecule is CCCNC(CC)C(C)CC(C)C. The summed E-state index contributed by atoms with van der Waals surface area (Å²) in [5, 5.41) is 3.62. The summed E-state index contributed by atoms with van der Waals surface area (Å²) in [6.07, 6.45) is 3.84. The zero-order valence-electron chi connectivity index (χ0n) is 10.1. The molecule has 1 N–H and O–H groups in total. The van der Waals surface area contributed by atoms with Gasteiger partial charge in [0.2, 0.25) is 0 Å². The lowest BCUT2D eigenvalue weighted by atomic mass is 9.90. The van der Waals surface area contributed by atoms with Crippen LogP contribution in [0.1, 0.15) is 53.9 Å². The van der Waals surface area contributed by atoms with E-state index in [-0.39, 0.29) is 0 Å². The van der Waals surface area contributed by atoms with Crippen LogP contribution < -0.4 is 5.32 Å². The van der Waals surface area contributed by atoms with Gasteiger partial charge in [-0.05, 0) is 37.6 Å². The molecule has 0 heterocycles. The maximum absolute atomic E-state index is 3.62. The summed E-state index contributed by atoms with van der Waals surface area (Å²) in [6.45, 7) is 12.7. The minimum absolute atomic E-state index is 0.724. The van der Waals surface area contributed by atoms with Gasteiger partial charge in [-0.1, -0.05) is 34.6 Å². The summed E-state index contributed by atoms with van der Waals surface area (Å²) in [5.74, 6) is 1.64. The fraction of sp³-hybridized carbons (Fsp3) is 1.00. The van der Waals surface area contributed by atoms with Crippen LogP contribution in [-0.2, 0) is 0 Å². The Kier molecular flexibility index (Phi) is 7.35. The quantitative estimate of drug-likeness (QED) is 0.640. The second-order valence-electron chi connectivity index (χ2n) is 4.58. The molecule has 0 aliphatic carbocycles. The van der Waals surface area contributed by atoms with E-state index in [0.717, 1.165) is 17.9 Å². The monoisotopic (exact) mass is 185 g/mol. The number of nitrogens with one attached hydrogen (secondary N) is 1. The lowest BCUT2D eigenvalue weighted by molar-refractivity contribution is 0.316. The standard InChI is InChI=1S/C12H27N/c1-6-8-13-12(7-2)11(5)9-10(3)4/h10-13H,6-9H2,1-5H3. The molecule has 2 unspecified atom stereocenters. The van der Waals surface area contributed by atoms with Gasteiger partial charge in [0.1, 0.15) is 0 Å². The molecule has 0 aliphatic rings. The molecule has 0 aromatic heterocycles. The third-order valence-corrected chi connectivity index (χ3v) is 2.63. The van der Waals surface area contributed by atoms with Crippen molar-refractivity contribution in [3.63, 3.8) is 0 Å². The normalized spacial score (nSPS) is 16.2. The van der Waals surface area contributed by atoms with Crippen molar-refractivity contribution in [2.45, 2.75) is 59.9 Å². The fourth-order valence-electron chi connectivity index (χ4n) is 1.99. The van der Waals surface area contributed by atoms with Gasteiger partial charge in [0.25, 0.3) is 0 Å². The van der Waals surface area contributed by atoms with Crippen LogP contribution in [0.5, 0.6) is 0 Å². The highest BCUT2D eigenvalue weighted by atomic mass is 14.9. The lowest BCUT2D eigenvalue weighted by Gasteiger charge is -2.25. The summed E-state index contributed by atoms with van der Waals surface area (Å²) in [5.41, 5.74) is 0. The molecule has 0 saturated heterocycles. The minimum Gasteiger partial charge on any atom is -0.314 e. The van der Waals surface area contributed by atoms with Crippen molar-refractivity contribution >= 4 is 0 Å². The maximum Gasteiger partial charge on any atom is 0.00901 e. The number of hydrogen-bond acceptors (Lipinski definition) is 1. The van der Waals surface area contributed by atoms with Crippen molar-refractivity contribution in [2.24, 2.45) is 11.8 Å². The van der Waals surface area contributed by atoms with Crippen LogP contribution in [0.15, 0.2) is 0 Å². The van der Waals surface area contributed by atoms with Gasteiger partial charge in [-0.3, -0.25) is 0 Å². The van der Waals surface area contributed by atoms with Crippen LogP contribution in [0, 0.1) is 11.8 Å². The molecule has 0 amide bonds. The summed E-state index contributed by atoms with van der Waals surface area (Å²) in [4.78, 5) is 0. The van der Waals surface area contributed by atoms with Gasteiger partial charge in [-0.2, -0.15) is 0 Å². The Balaban J connectivity index is 3.77. The molecular weight excluding hydrogens is 158 g/mol. The molecule has 1 nitrogen and oxygen atoms in total. The molecule has 0 aromatic rings. The average molecular weight is 185 g/mol. The molecule has 0 rings (SSSR count). The van der Waals surface area contributed by atoms with E-state index in [9.17, 15) is 0 Å². The van der Waals surface area contributed by atoms with Gasteiger partial charge in [-0.25, -0.2) is 0 Å². The third-order valence-electron chi connectivity index (χ3n) is 2.63. The summed E-state index contributed by atoms with van der Waals surface area (Å²) in [7, 11) is 0. The Bertz CT molecular complexity index is 110. The molecule has 0 saturated carbocycles. The summed E-state index contributed by atoms with van der Waals surface area (Å²) >= 11 is 0. The maximum atomic E-state index is 3.62. The Morgan fingerprint density at radius 1 is 1.08 bits per heavy atom. The molecule has 1 heteroatoms. The first-order valence-electron chi connectivity index (χ1n) is 5.85. The molecular formula is C12H27N. The number of hydrogen-bond donors (Lipinski definition) is 1. The van der Waals surface area contributed by atoms with E-state index >= 15 is 0 Å². The smallest absolute Gasteiger partial charge is 0.00901 e. The van der Waals surface area contributed by atoms with Gasteiger partial charge >= 0.3 is 0 Å². The highest BCUT2D eigenvalue weighted by Gasteiger charge is 2.15. The molecule has 0 fully saturated rings. The molecule has 80 valence electrons. The number of rotatable bonds is 7. The average Bonchev–Trinajstić information content (AvgIpc) is 2.04. The second kappa shape index (κ2) is 7.37. The molecule has 0 aromatic carbocycles. The molecule has 0 spiro atoms. The largest absolute Gasteiger partial charge is 0.314 e. The van der Waals surface area contributed by atoms with Crippen molar-refractivity contribution in [1.82, 2.24) is 5.32 Å². The predicted molar refractivity (Wildman–Crippen MR) is 61.0 cm³/mol. The highest BCUT2D eigenvalue weighted by Crippen LogP contribution is 2.16. The first-order valence-corrected chi connectivity index (χ1v) is 5.85. The van der Waals surface area contributed by atoms with E-state index < -0.39 is 0 Å². The van der Waals surface area contributed by atoms with Gasteiger partial charge in [0.15, 0.2) is 0 Å². The Hall–Kier alpha value is -0.0400. The van der Waals surface area contributed by atoms with Crippen molar-refractivity contribution < 1.29 is 0 Å². The van der Waals surface area contributed by atoms with Gasteiger partial charge in [0, 0.05) is 6.04 Å². The first-order chi connectivity index (χ1) is 6.11. The van der Waals surface area contributed by atoms with E-state index in [4.69, 9.17) is 0 Å². The van der Waals surface area contributed by atoms with E-state index in [1.165, 1.54) is 25.8 Å². The minimum atomic E-state index is 0.724. The molecule has 13 heavy (non-hydrogen) atoms. The second-order valence-corrected chi connectivity index (χ2v) is 4.58. The van der Waals surface area contributed by atoms with Crippen LogP contribution in [-0.4, -0.2) is 12.6 Å². The van der Waals surface area contributed by atoms with Crippen molar-refractivity contribution in [1.29, 1.82) is 0 Å². The molecule has 0 bridgehead atoms. The van der Waals surface area contributed by atoms with E-state index in [1.54, 1.807) is 0 Å². The van der Waals surface area contributed by atoms with Gasteiger partial charge < -0.3 is 5.32 Å². The Morgan fingerprint density at radius 2 is 1.69 bits per heavy atom. The zero-order chi connectivity index (χ0) is 10.3. The van der Waals surface area contributed by atoms with Crippen molar-refractivity contribution in [3.05, 3.63) is 0 Å². The van der Waals surface area contributed by atoms with Crippen LogP contribution >= 0.6 is 0 Å². The van der Waals surface area contributed by atoms with Gasteiger partial charge in [0.05, 0.1) is 0 Å². The lowest BCUT2D eigenvalue weighted by Crippen LogP contribution is -2.35.